The van der Waals surface area contributed by atoms with E-state index >= 15 is 0 Å². The number of Topliss-reactive ketones (excluding diaryl/α,β-unsaturated/α-hetero) is 1. The number of rotatable bonds is 4. The summed E-state index contributed by atoms with van der Waals surface area (Å²) >= 11 is 0. The molecule has 0 unspecified atom stereocenters. The van der Waals surface area contributed by atoms with E-state index in [1.54, 1.807) is 13.8 Å². The Hall–Kier alpha value is -1.72. The number of halogens is 3. The van der Waals surface area contributed by atoms with E-state index in [0.717, 1.165) is 6.07 Å². The van der Waals surface area contributed by atoms with Gasteiger partial charge in [-0.05, 0) is 18.2 Å². The lowest BCUT2D eigenvalue weighted by Gasteiger charge is -2.13. The van der Waals surface area contributed by atoms with E-state index in [0.29, 0.717) is 0 Å². The number of carbonyl (C=O) groups is 1. The number of alkyl halides is 3. The molecule has 0 amide bonds. The topological polar surface area (TPSA) is 35.5 Å². The molecule has 100 valence electrons. The number of hydrogen-bond acceptors (Lipinski definition) is 3. The second kappa shape index (κ2) is 5.29. The van der Waals surface area contributed by atoms with Gasteiger partial charge in [-0.2, -0.15) is 0 Å². The van der Waals surface area contributed by atoms with Crippen molar-refractivity contribution in [3.05, 3.63) is 23.8 Å². The molecule has 0 saturated heterocycles. The van der Waals surface area contributed by atoms with Crippen LogP contribution in [0.2, 0.25) is 0 Å². The Morgan fingerprint density at radius 1 is 1.22 bits per heavy atom. The van der Waals surface area contributed by atoms with Crippen molar-refractivity contribution in [1.82, 2.24) is 0 Å². The summed E-state index contributed by atoms with van der Waals surface area (Å²) in [5.41, 5.74) is 0.288. The molecular formula is C12H13F3O3. The molecule has 1 aromatic rings. The van der Waals surface area contributed by atoms with Crippen LogP contribution in [-0.2, 0) is 0 Å². The van der Waals surface area contributed by atoms with Crippen molar-refractivity contribution in [2.75, 3.05) is 7.11 Å². The molecule has 6 heteroatoms. The second-order valence-corrected chi connectivity index (χ2v) is 3.93. The third-order valence-corrected chi connectivity index (χ3v) is 2.20. The first-order chi connectivity index (χ1) is 8.24. The van der Waals surface area contributed by atoms with Gasteiger partial charge in [-0.25, -0.2) is 0 Å². The van der Waals surface area contributed by atoms with E-state index < -0.39 is 12.1 Å². The Morgan fingerprint density at radius 3 is 2.28 bits per heavy atom. The molecule has 0 atom stereocenters. The van der Waals surface area contributed by atoms with Gasteiger partial charge in [0.1, 0.15) is 0 Å². The first kappa shape index (κ1) is 14.3. The average molecular weight is 262 g/mol. The van der Waals surface area contributed by atoms with E-state index in [9.17, 15) is 18.0 Å². The van der Waals surface area contributed by atoms with Crippen molar-refractivity contribution < 1.29 is 27.4 Å². The maximum Gasteiger partial charge on any atom is 0.573 e. The number of benzene rings is 1. The molecule has 0 spiro atoms. The smallest absolute Gasteiger partial charge is 0.493 e. The number of ketones is 1. The van der Waals surface area contributed by atoms with Gasteiger partial charge in [-0.3, -0.25) is 4.79 Å². The minimum Gasteiger partial charge on any atom is -0.493 e. The summed E-state index contributed by atoms with van der Waals surface area (Å²) in [6.07, 6.45) is -4.79. The summed E-state index contributed by atoms with van der Waals surface area (Å²) in [5.74, 6) is -1.01. The van der Waals surface area contributed by atoms with Gasteiger partial charge in [0.05, 0.1) is 7.11 Å². The quantitative estimate of drug-likeness (QED) is 0.780. The molecular weight excluding hydrogens is 249 g/mol. The van der Waals surface area contributed by atoms with Crippen molar-refractivity contribution in [3.8, 4) is 11.5 Å². The van der Waals surface area contributed by atoms with Crippen LogP contribution in [0.5, 0.6) is 11.5 Å². The molecule has 18 heavy (non-hydrogen) atoms. The highest BCUT2D eigenvalue weighted by atomic mass is 19.4. The van der Waals surface area contributed by atoms with Crippen molar-refractivity contribution in [2.24, 2.45) is 5.92 Å². The van der Waals surface area contributed by atoms with Gasteiger partial charge in [-0.1, -0.05) is 13.8 Å². The summed E-state index contributed by atoms with van der Waals surface area (Å²) in [5, 5.41) is 0. The van der Waals surface area contributed by atoms with Crippen LogP contribution in [-0.4, -0.2) is 19.3 Å². The molecule has 1 aromatic carbocycles. The first-order valence-corrected chi connectivity index (χ1v) is 5.22. The molecule has 0 aromatic heterocycles. The van der Waals surface area contributed by atoms with Crippen LogP contribution in [0.4, 0.5) is 13.2 Å². The summed E-state index contributed by atoms with van der Waals surface area (Å²) in [6, 6.07) is 3.59. The minimum atomic E-state index is -4.79. The van der Waals surface area contributed by atoms with Gasteiger partial charge in [-0.15, -0.1) is 13.2 Å². The molecule has 1 rings (SSSR count). The van der Waals surface area contributed by atoms with Gasteiger partial charge in [0.15, 0.2) is 17.3 Å². The third kappa shape index (κ3) is 3.65. The van der Waals surface area contributed by atoms with Crippen LogP contribution in [0.15, 0.2) is 18.2 Å². The molecule has 0 N–H and O–H groups in total. The van der Waals surface area contributed by atoms with Crippen molar-refractivity contribution >= 4 is 5.78 Å². The maximum absolute atomic E-state index is 12.1. The summed E-state index contributed by atoms with van der Waals surface area (Å²) in [7, 11) is 1.21. The number of carbonyl (C=O) groups excluding carboxylic acids is 1. The van der Waals surface area contributed by atoms with Gasteiger partial charge < -0.3 is 9.47 Å². The summed E-state index contributed by atoms with van der Waals surface area (Å²) < 4.78 is 44.9. The fourth-order valence-corrected chi connectivity index (χ4v) is 1.36. The van der Waals surface area contributed by atoms with Crippen LogP contribution in [0.25, 0.3) is 0 Å². The van der Waals surface area contributed by atoms with E-state index in [-0.39, 0.29) is 23.0 Å². The van der Waals surface area contributed by atoms with Crippen LogP contribution in [0.3, 0.4) is 0 Å². The summed E-state index contributed by atoms with van der Waals surface area (Å²) in [6.45, 7) is 3.41. The molecule has 0 radical (unpaired) electrons. The van der Waals surface area contributed by atoms with Gasteiger partial charge in [0, 0.05) is 11.5 Å². The van der Waals surface area contributed by atoms with Crippen LogP contribution in [0.1, 0.15) is 24.2 Å². The predicted molar refractivity (Wildman–Crippen MR) is 58.8 cm³/mol. The Morgan fingerprint density at radius 2 is 1.83 bits per heavy atom. The average Bonchev–Trinajstić information content (AvgIpc) is 2.26. The molecule has 0 aliphatic heterocycles. The Labute approximate surface area is 103 Å². The fraction of sp³-hybridized carbons (Fsp3) is 0.417. The Kier molecular flexibility index (Phi) is 4.21. The molecule has 3 nitrogen and oxygen atoms in total. The van der Waals surface area contributed by atoms with Crippen molar-refractivity contribution in [3.63, 3.8) is 0 Å². The fourth-order valence-electron chi connectivity index (χ4n) is 1.36. The Bertz CT molecular complexity index is 439. The Balaban J connectivity index is 3.08. The molecule has 0 saturated carbocycles. The number of hydrogen-bond donors (Lipinski definition) is 0. The molecule has 0 aliphatic carbocycles. The molecule has 0 bridgehead atoms. The number of methoxy groups -OCH3 is 1. The van der Waals surface area contributed by atoms with E-state index in [1.807, 2.05) is 0 Å². The van der Waals surface area contributed by atoms with Crippen LogP contribution < -0.4 is 9.47 Å². The first-order valence-electron chi connectivity index (χ1n) is 5.22. The van der Waals surface area contributed by atoms with E-state index in [4.69, 9.17) is 4.74 Å². The van der Waals surface area contributed by atoms with Gasteiger partial charge in [0.25, 0.3) is 0 Å². The second-order valence-electron chi connectivity index (χ2n) is 3.93. The summed E-state index contributed by atoms with van der Waals surface area (Å²) in [4.78, 5) is 11.7. The zero-order valence-electron chi connectivity index (χ0n) is 10.2. The lowest BCUT2D eigenvalue weighted by molar-refractivity contribution is -0.275. The van der Waals surface area contributed by atoms with Crippen LogP contribution >= 0.6 is 0 Å². The lowest BCUT2D eigenvalue weighted by atomic mass is 10.0. The zero-order valence-corrected chi connectivity index (χ0v) is 10.2. The molecule has 0 aliphatic rings. The maximum atomic E-state index is 12.1. The highest BCUT2D eigenvalue weighted by molar-refractivity contribution is 5.98. The number of ether oxygens (including phenoxy) is 2. The van der Waals surface area contributed by atoms with Crippen LogP contribution in [0, 0.1) is 5.92 Å². The molecule has 0 heterocycles. The predicted octanol–water partition coefficient (Wildman–Crippen LogP) is 3.43. The van der Waals surface area contributed by atoms with Crippen molar-refractivity contribution in [2.45, 2.75) is 20.2 Å². The highest BCUT2D eigenvalue weighted by Crippen LogP contribution is 2.33. The molecule has 0 fully saturated rings. The highest BCUT2D eigenvalue weighted by Gasteiger charge is 2.32. The van der Waals surface area contributed by atoms with Crippen molar-refractivity contribution in [1.29, 1.82) is 0 Å². The lowest BCUT2D eigenvalue weighted by Crippen LogP contribution is -2.18. The van der Waals surface area contributed by atoms with Gasteiger partial charge in [0.2, 0.25) is 0 Å². The van der Waals surface area contributed by atoms with Gasteiger partial charge >= 0.3 is 6.36 Å². The van der Waals surface area contributed by atoms with E-state index in [2.05, 4.69) is 4.74 Å². The monoisotopic (exact) mass is 262 g/mol. The SMILES string of the molecule is COc1cc(C(=O)C(C)C)ccc1OC(F)(F)F. The zero-order chi connectivity index (χ0) is 13.9. The minimum absolute atomic E-state index is 0.126. The van der Waals surface area contributed by atoms with E-state index in [1.165, 1.54) is 19.2 Å². The third-order valence-electron chi connectivity index (χ3n) is 2.20. The normalized spacial score (nSPS) is 11.5. The standard InChI is InChI=1S/C12H13F3O3/c1-7(2)11(16)8-4-5-9(10(6-8)17-3)18-12(13,14)15/h4-7H,1-3H3. The largest absolute Gasteiger partial charge is 0.573 e.